The van der Waals surface area contributed by atoms with Crippen molar-refractivity contribution in [2.24, 2.45) is 0 Å². The number of thiophene rings is 1. The highest BCUT2D eigenvalue weighted by Crippen LogP contribution is 2.37. The maximum atomic E-state index is 3.61. The number of fused-ring (bicyclic) bond motifs is 2. The molecule has 0 saturated carbocycles. The third-order valence-corrected chi connectivity index (χ3v) is 4.77. The van der Waals surface area contributed by atoms with Crippen LogP contribution in [0.5, 0.6) is 0 Å². The van der Waals surface area contributed by atoms with E-state index in [1.165, 1.54) is 26.1 Å². The van der Waals surface area contributed by atoms with Gasteiger partial charge < -0.3 is 5.32 Å². The summed E-state index contributed by atoms with van der Waals surface area (Å²) in [6.07, 6.45) is 0. The first-order valence-corrected chi connectivity index (χ1v) is 7.03. The minimum absolute atomic E-state index is 0.374. The Morgan fingerprint density at radius 3 is 2.78 bits per heavy atom. The van der Waals surface area contributed by atoms with Crippen molar-refractivity contribution >= 4 is 21.4 Å². The molecule has 88 valence electrons. The minimum atomic E-state index is 0.374. The molecule has 1 N–H and O–H groups in total. The van der Waals surface area contributed by atoms with Crippen molar-refractivity contribution in [1.82, 2.24) is 5.32 Å². The van der Waals surface area contributed by atoms with Gasteiger partial charge in [-0.05, 0) is 28.6 Å². The van der Waals surface area contributed by atoms with E-state index in [4.69, 9.17) is 0 Å². The van der Waals surface area contributed by atoms with Crippen LogP contribution in [0, 0.1) is 0 Å². The van der Waals surface area contributed by atoms with Gasteiger partial charge in [0, 0.05) is 16.1 Å². The van der Waals surface area contributed by atoms with Gasteiger partial charge in [-0.1, -0.05) is 42.5 Å². The lowest BCUT2D eigenvalue weighted by molar-refractivity contribution is 0.677. The molecule has 1 aromatic heterocycles. The summed E-state index contributed by atoms with van der Waals surface area (Å²) >= 11 is 1.90. The fraction of sp³-hybridized carbons (Fsp3) is 0.125. The summed E-state index contributed by atoms with van der Waals surface area (Å²) in [4.78, 5) is 1.42. The molecule has 1 nitrogen and oxygen atoms in total. The van der Waals surface area contributed by atoms with Gasteiger partial charge in [-0.3, -0.25) is 0 Å². The van der Waals surface area contributed by atoms with Crippen LogP contribution in [-0.2, 0) is 6.54 Å². The van der Waals surface area contributed by atoms with Crippen LogP contribution >= 0.6 is 11.3 Å². The summed E-state index contributed by atoms with van der Waals surface area (Å²) in [6.45, 7) is 0.981. The standard InChI is InChI=1S/C16H13NS/c1-3-7-13-12(6-1)10-17-16(13)15-9-11-5-2-4-8-14(11)18-15/h1-9,16-17H,10H2. The van der Waals surface area contributed by atoms with Crippen LogP contribution in [0.1, 0.15) is 22.0 Å². The Bertz CT molecular complexity index is 681. The van der Waals surface area contributed by atoms with Crippen LogP contribution < -0.4 is 5.32 Å². The van der Waals surface area contributed by atoms with Crippen molar-refractivity contribution in [2.75, 3.05) is 0 Å². The van der Waals surface area contributed by atoms with Gasteiger partial charge in [0.1, 0.15) is 0 Å². The molecular weight excluding hydrogens is 238 g/mol. The fourth-order valence-corrected chi connectivity index (χ4v) is 3.86. The van der Waals surface area contributed by atoms with Gasteiger partial charge in [-0.15, -0.1) is 11.3 Å². The molecular formula is C16H13NS. The van der Waals surface area contributed by atoms with Crippen molar-refractivity contribution in [2.45, 2.75) is 12.6 Å². The molecule has 0 saturated heterocycles. The van der Waals surface area contributed by atoms with E-state index in [1.54, 1.807) is 0 Å². The molecule has 0 amide bonds. The second-order valence-corrected chi connectivity index (χ2v) is 5.81. The maximum absolute atomic E-state index is 3.61. The van der Waals surface area contributed by atoms with E-state index < -0.39 is 0 Å². The zero-order valence-electron chi connectivity index (χ0n) is 9.89. The van der Waals surface area contributed by atoms with E-state index in [-0.39, 0.29) is 0 Å². The SMILES string of the molecule is c1ccc2c(c1)CNC2c1cc2ccccc2s1. The smallest absolute Gasteiger partial charge is 0.0677 e. The minimum Gasteiger partial charge on any atom is -0.301 e. The fourth-order valence-electron chi connectivity index (χ4n) is 2.70. The summed E-state index contributed by atoms with van der Waals surface area (Å²) in [7, 11) is 0. The van der Waals surface area contributed by atoms with Crippen molar-refractivity contribution < 1.29 is 0 Å². The van der Waals surface area contributed by atoms with Gasteiger partial charge in [0.15, 0.2) is 0 Å². The van der Waals surface area contributed by atoms with E-state index in [2.05, 4.69) is 59.9 Å². The van der Waals surface area contributed by atoms with E-state index in [0.717, 1.165) is 6.54 Å². The molecule has 0 bridgehead atoms. The zero-order chi connectivity index (χ0) is 11.9. The van der Waals surface area contributed by atoms with Crippen LogP contribution in [0.15, 0.2) is 54.6 Å². The van der Waals surface area contributed by atoms with Crippen LogP contribution in [0.25, 0.3) is 10.1 Å². The molecule has 1 aliphatic rings. The second-order valence-electron chi connectivity index (χ2n) is 4.70. The van der Waals surface area contributed by atoms with Crippen molar-refractivity contribution in [3.8, 4) is 0 Å². The lowest BCUT2D eigenvalue weighted by Crippen LogP contribution is -2.11. The Morgan fingerprint density at radius 2 is 1.83 bits per heavy atom. The molecule has 4 rings (SSSR count). The number of hydrogen-bond acceptors (Lipinski definition) is 2. The maximum Gasteiger partial charge on any atom is 0.0677 e. The zero-order valence-corrected chi connectivity index (χ0v) is 10.7. The van der Waals surface area contributed by atoms with Crippen molar-refractivity contribution in [3.05, 3.63) is 70.6 Å². The molecule has 18 heavy (non-hydrogen) atoms. The quantitative estimate of drug-likeness (QED) is 0.686. The van der Waals surface area contributed by atoms with Crippen molar-refractivity contribution in [1.29, 1.82) is 0 Å². The Morgan fingerprint density at radius 1 is 1.00 bits per heavy atom. The van der Waals surface area contributed by atoms with Crippen LogP contribution in [0.3, 0.4) is 0 Å². The van der Waals surface area contributed by atoms with E-state index in [1.807, 2.05) is 11.3 Å². The molecule has 2 heteroatoms. The Kier molecular flexibility index (Phi) is 2.25. The molecule has 2 heterocycles. The van der Waals surface area contributed by atoms with E-state index in [9.17, 15) is 0 Å². The second kappa shape index (κ2) is 3.94. The highest BCUT2D eigenvalue weighted by Gasteiger charge is 2.24. The highest BCUT2D eigenvalue weighted by molar-refractivity contribution is 7.19. The molecule has 3 aromatic rings. The summed E-state index contributed by atoms with van der Waals surface area (Å²) in [5, 5.41) is 4.96. The third-order valence-electron chi connectivity index (χ3n) is 3.59. The summed E-state index contributed by atoms with van der Waals surface area (Å²) in [6, 6.07) is 20.0. The van der Waals surface area contributed by atoms with Crippen molar-refractivity contribution in [3.63, 3.8) is 0 Å². The molecule has 1 unspecified atom stereocenters. The van der Waals surface area contributed by atoms with E-state index >= 15 is 0 Å². The Balaban J connectivity index is 1.85. The number of rotatable bonds is 1. The number of benzene rings is 2. The first kappa shape index (κ1) is 10.3. The molecule has 0 spiro atoms. The Labute approximate surface area is 110 Å². The molecule has 1 aliphatic heterocycles. The monoisotopic (exact) mass is 251 g/mol. The first-order chi connectivity index (χ1) is 8.92. The molecule has 0 radical (unpaired) electrons. The molecule has 0 aliphatic carbocycles. The van der Waals surface area contributed by atoms with Gasteiger partial charge in [-0.25, -0.2) is 0 Å². The Hall–Kier alpha value is -1.64. The van der Waals surface area contributed by atoms with E-state index in [0.29, 0.717) is 6.04 Å². The predicted octanol–water partition coefficient (Wildman–Crippen LogP) is 4.09. The predicted molar refractivity (Wildman–Crippen MR) is 76.9 cm³/mol. The van der Waals surface area contributed by atoms with Gasteiger partial charge in [0.05, 0.1) is 6.04 Å². The van der Waals surface area contributed by atoms with Crippen LogP contribution in [0.4, 0.5) is 0 Å². The normalized spacial score (nSPS) is 18.1. The van der Waals surface area contributed by atoms with Crippen LogP contribution in [0.2, 0.25) is 0 Å². The summed E-state index contributed by atoms with van der Waals surface area (Å²) in [5.74, 6) is 0. The highest BCUT2D eigenvalue weighted by atomic mass is 32.1. The molecule has 1 atom stereocenters. The van der Waals surface area contributed by atoms with Gasteiger partial charge in [-0.2, -0.15) is 0 Å². The lowest BCUT2D eigenvalue weighted by atomic mass is 10.0. The van der Waals surface area contributed by atoms with Gasteiger partial charge in [0.2, 0.25) is 0 Å². The lowest BCUT2D eigenvalue weighted by Gasteiger charge is -2.09. The number of hydrogen-bond donors (Lipinski definition) is 1. The molecule has 0 fully saturated rings. The van der Waals surface area contributed by atoms with Crippen LogP contribution in [-0.4, -0.2) is 0 Å². The number of nitrogens with one attached hydrogen (secondary N) is 1. The average molecular weight is 251 g/mol. The van der Waals surface area contributed by atoms with Gasteiger partial charge in [0.25, 0.3) is 0 Å². The third kappa shape index (κ3) is 1.50. The average Bonchev–Trinajstić information content (AvgIpc) is 3.02. The molecule has 2 aromatic carbocycles. The first-order valence-electron chi connectivity index (χ1n) is 6.21. The van der Waals surface area contributed by atoms with Gasteiger partial charge >= 0.3 is 0 Å². The summed E-state index contributed by atoms with van der Waals surface area (Å²) in [5.41, 5.74) is 2.86. The topological polar surface area (TPSA) is 12.0 Å². The summed E-state index contributed by atoms with van der Waals surface area (Å²) < 4.78 is 1.37. The largest absolute Gasteiger partial charge is 0.301 e.